The Morgan fingerprint density at radius 1 is 1.08 bits per heavy atom. The van der Waals surface area contributed by atoms with Crippen LogP contribution in [0.2, 0.25) is 0 Å². The number of nitrogens with one attached hydrogen (secondary N) is 1. The van der Waals surface area contributed by atoms with Crippen LogP contribution in [0.15, 0.2) is 53.4 Å². The summed E-state index contributed by atoms with van der Waals surface area (Å²) >= 11 is 0. The van der Waals surface area contributed by atoms with Gasteiger partial charge in [-0.2, -0.15) is 0 Å². The van der Waals surface area contributed by atoms with Crippen molar-refractivity contribution in [1.29, 1.82) is 0 Å². The van der Waals surface area contributed by atoms with Gasteiger partial charge >= 0.3 is 6.36 Å². The molecule has 134 valence electrons. The number of hydrogen-bond donors (Lipinski definition) is 1. The average Bonchev–Trinajstić information content (AvgIpc) is 2.55. The minimum Gasteiger partial charge on any atom is -0.406 e. The average molecular weight is 373 g/mol. The van der Waals surface area contributed by atoms with E-state index in [4.69, 9.17) is 0 Å². The van der Waals surface area contributed by atoms with Crippen LogP contribution in [0.25, 0.3) is 0 Å². The molecule has 0 aliphatic carbocycles. The summed E-state index contributed by atoms with van der Waals surface area (Å²) in [4.78, 5) is 12.2. The first-order chi connectivity index (χ1) is 11.6. The van der Waals surface area contributed by atoms with Crippen LogP contribution in [0.3, 0.4) is 0 Å². The molecule has 1 N–H and O–H groups in total. The van der Waals surface area contributed by atoms with Crippen molar-refractivity contribution in [2.75, 3.05) is 11.1 Å². The van der Waals surface area contributed by atoms with E-state index in [1.165, 1.54) is 43.3 Å². The predicted octanol–water partition coefficient (Wildman–Crippen LogP) is 3.63. The lowest BCUT2D eigenvalue weighted by atomic mass is 10.2. The van der Waals surface area contributed by atoms with E-state index in [9.17, 15) is 26.4 Å². The molecule has 0 saturated heterocycles. The van der Waals surface area contributed by atoms with Gasteiger partial charge in [0, 0.05) is 5.69 Å². The van der Waals surface area contributed by atoms with Crippen molar-refractivity contribution in [3.63, 3.8) is 0 Å². The van der Waals surface area contributed by atoms with Crippen molar-refractivity contribution in [2.24, 2.45) is 0 Å². The number of rotatable bonds is 5. The zero-order chi connectivity index (χ0) is 18.7. The van der Waals surface area contributed by atoms with Gasteiger partial charge in [-0.25, -0.2) is 8.42 Å². The second-order valence-electron chi connectivity index (χ2n) is 4.93. The normalized spacial score (nSPS) is 11.8. The third-order valence-corrected chi connectivity index (χ3v) is 4.98. The van der Waals surface area contributed by atoms with Gasteiger partial charge < -0.3 is 10.1 Å². The molecular formula is C16H14F3NO4S. The smallest absolute Gasteiger partial charge is 0.406 e. The third kappa shape index (κ3) is 4.96. The van der Waals surface area contributed by atoms with Crippen LogP contribution < -0.4 is 10.1 Å². The molecule has 2 aromatic carbocycles. The molecule has 25 heavy (non-hydrogen) atoms. The maximum Gasteiger partial charge on any atom is 0.573 e. The van der Waals surface area contributed by atoms with E-state index in [0.29, 0.717) is 0 Å². The number of carbonyl (C=O) groups excluding carboxylic acids is 1. The molecule has 9 heteroatoms. The van der Waals surface area contributed by atoms with Gasteiger partial charge in [0.15, 0.2) is 9.84 Å². The van der Waals surface area contributed by atoms with Crippen molar-refractivity contribution in [1.82, 2.24) is 0 Å². The van der Waals surface area contributed by atoms with E-state index >= 15 is 0 Å². The van der Waals surface area contributed by atoms with Gasteiger partial charge in [-0.05, 0) is 36.4 Å². The Morgan fingerprint density at radius 3 is 2.24 bits per heavy atom. The minimum atomic E-state index is -4.81. The second-order valence-corrected chi connectivity index (χ2v) is 7.17. The summed E-state index contributed by atoms with van der Waals surface area (Å²) in [6.45, 7) is 1.46. The molecule has 2 aromatic rings. The monoisotopic (exact) mass is 373 g/mol. The quantitative estimate of drug-likeness (QED) is 0.869. The van der Waals surface area contributed by atoms with Crippen LogP contribution >= 0.6 is 0 Å². The Hall–Kier alpha value is -2.55. The molecule has 0 bridgehead atoms. The van der Waals surface area contributed by atoms with Gasteiger partial charge in [-0.3, -0.25) is 4.79 Å². The largest absolute Gasteiger partial charge is 0.573 e. The topological polar surface area (TPSA) is 72.5 Å². The van der Waals surface area contributed by atoms with E-state index in [0.717, 1.165) is 12.1 Å². The van der Waals surface area contributed by atoms with Crippen molar-refractivity contribution < 1.29 is 31.1 Å². The molecule has 2 rings (SSSR count). The van der Waals surface area contributed by atoms with E-state index in [-0.39, 0.29) is 21.9 Å². The Morgan fingerprint density at radius 2 is 1.68 bits per heavy atom. The minimum absolute atomic E-state index is 0.0417. The molecule has 0 atom stereocenters. The molecule has 0 heterocycles. The molecule has 1 amide bonds. The molecule has 0 aromatic heterocycles. The highest BCUT2D eigenvalue weighted by Crippen LogP contribution is 2.24. The fraction of sp³-hybridized carbons (Fsp3) is 0.188. The van der Waals surface area contributed by atoms with Gasteiger partial charge in [0.1, 0.15) is 5.75 Å². The highest BCUT2D eigenvalue weighted by Gasteiger charge is 2.31. The zero-order valence-corrected chi connectivity index (χ0v) is 13.8. The summed E-state index contributed by atoms with van der Waals surface area (Å²) < 4.78 is 64.2. The van der Waals surface area contributed by atoms with Crippen molar-refractivity contribution in [3.8, 4) is 5.75 Å². The van der Waals surface area contributed by atoms with Crippen molar-refractivity contribution >= 4 is 21.4 Å². The Kier molecular flexibility index (Phi) is 5.36. The van der Waals surface area contributed by atoms with Crippen LogP contribution in [0.4, 0.5) is 18.9 Å². The maximum atomic E-state index is 12.3. The summed E-state index contributed by atoms with van der Waals surface area (Å²) in [6, 6.07) is 10.2. The standard InChI is InChI=1S/C16H14F3NO4S/c1-2-25(22,23)14-6-4-3-5-13(14)15(21)20-11-7-9-12(10-8-11)24-16(17,18)19/h3-10H,2H2,1H3,(H,20,21). The molecule has 0 radical (unpaired) electrons. The Labute approximate surface area is 142 Å². The van der Waals surface area contributed by atoms with E-state index in [2.05, 4.69) is 10.1 Å². The van der Waals surface area contributed by atoms with Gasteiger partial charge in [-0.1, -0.05) is 19.1 Å². The van der Waals surface area contributed by atoms with Crippen LogP contribution in [0.5, 0.6) is 5.75 Å². The SMILES string of the molecule is CCS(=O)(=O)c1ccccc1C(=O)Nc1ccc(OC(F)(F)F)cc1. The first-order valence-corrected chi connectivity index (χ1v) is 8.76. The number of sulfone groups is 1. The summed E-state index contributed by atoms with van der Waals surface area (Å²) in [6.07, 6.45) is -4.81. The number of halogens is 3. The van der Waals surface area contributed by atoms with Gasteiger partial charge in [-0.15, -0.1) is 13.2 Å². The molecule has 0 unspecified atom stereocenters. The van der Waals surface area contributed by atoms with E-state index in [1.54, 1.807) is 0 Å². The molecule has 0 aliphatic rings. The second kappa shape index (κ2) is 7.14. The van der Waals surface area contributed by atoms with Gasteiger partial charge in [0.05, 0.1) is 16.2 Å². The number of anilines is 1. The number of alkyl halides is 3. The Balaban J connectivity index is 2.21. The lowest BCUT2D eigenvalue weighted by Gasteiger charge is -2.11. The predicted molar refractivity (Wildman–Crippen MR) is 85.2 cm³/mol. The highest BCUT2D eigenvalue weighted by molar-refractivity contribution is 7.91. The number of benzene rings is 2. The van der Waals surface area contributed by atoms with Crippen LogP contribution in [0.1, 0.15) is 17.3 Å². The highest BCUT2D eigenvalue weighted by atomic mass is 32.2. The summed E-state index contributed by atoms with van der Waals surface area (Å²) in [5, 5.41) is 2.44. The summed E-state index contributed by atoms with van der Waals surface area (Å²) in [5.41, 5.74) is 0.156. The molecule has 0 spiro atoms. The first kappa shape index (κ1) is 18.8. The van der Waals surface area contributed by atoms with Crippen molar-refractivity contribution in [2.45, 2.75) is 18.2 Å². The number of ether oxygens (including phenoxy) is 1. The van der Waals surface area contributed by atoms with Crippen molar-refractivity contribution in [3.05, 3.63) is 54.1 Å². The maximum absolute atomic E-state index is 12.3. The van der Waals surface area contributed by atoms with Crippen LogP contribution in [0, 0.1) is 0 Å². The number of carbonyl (C=O) groups is 1. The van der Waals surface area contributed by atoms with Crippen LogP contribution in [-0.2, 0) is 9.84 Å². The summed E-state index contributed by atoms with van der Waals surface area (Å²) in [5.74, 6) is -1.28. The fourth-order valence-electron chi connectivity index (χ4n) is 2.02. The first-order valence-electron chi connectivity index (χ1n) is 7.11. The zero-order valence-electron chi connectivity index (χ0n) is 13.0. The fourth-order valence-corrected chi connectivity index (χ4v) is 3.11. The van der Waals surface area contributed by atoms with E-state index in [1.807, 2.05) is 0 Å². The lowest BCUT2D eigenvalue weighted by molar-refractivity contribution is -0.274. The Bertz CT molecular complexity index is 862. The third-order valence-electron chi connectivity index (χ3n) is 3.19. The van der Waals surface area contributed by atoms with E-state index < -0.39 is 27.9 Å². The lowest BCUT2D eigenvalue weighted by Crippen LogP contribution is -2.18. The molecule has 0 saturated carbocycles. The summed E-state index contributed by atoms with van der Waals surface area (Å²) in [7, 11) is -3.60. The number of hydrogen-bond acceptors (Lipinski definition) is 4. The molecule has 5 nitrogen and oxygen atoms in total. The molecule has 0 fully saturated rings. The number of amides is 1. The van der Waals surface area contributed by atoms with Crippen LogP contribution in [-0.4, -0.2) is 26.4 Å². The van der Waals surface area contributed by atoms with Gasteiger partial charge in [0.2, 0.25) is 0 Å². The molecule has 0 aliphatic heterocycles. The molecular weight excluding hydrogens is 359 g/mol. The van der Waals surface area contributed by atoms with Gasteiger partial charge in [0.25, 0.3) is 5.91 Å².